The highest BCUT2D eigenvalue weighted by molar-refractivity contribution is 5.91. The molecule has 0 atom stereocenters. The first kappa shape index (κ1) is 13.4. The number of rotatable bonds is 2. The van der Waals surface area contributed by atoms with Crippen LogP contribution < -0.4 is 5.32 Å². The fraction of sp³-hybridized carbons (Fsp3) is 0.400. The highest BCUT2D eigenvalue weighted by Crippen LogP contribution is 2.16. The summed E-state index contributed by atoms with van der Waals surface area (Å²) in [5, 5.41) is 11.6. The van der Waals surface area contributed by atoms with Crippen LogP contribution in [0.3, 0.4) is 0 Å². The summed E-state index contributed by atoms with van der Waals surface area (Å²) in [6, 6.07) is 7.40. The van der Waals surface area contributed by atoms with E-state index in [1.807, 2.05) is 29.2 Å². The molecule has 0 aliphatic carbocycles. The lowest BCUT2D eigenvalue weighted by Crippen LogP contribution is -2.32. The van der Waals surface area contributed by atoms with E-state index >= 15 is 0 Å². The molecule has 1 aromatic carbocycles. The third-order valence-corrected chi connectivity index (χ3v) is 3.02. The smallest absolute Gasteiger partial charge is 0.321 e. The number of anilines is 1. The normalized spacial score (nSPS) is 13.8. The van der Waals surface area contributed by atoms with Gasteiger partial charge in [-0.15, -0.1) is 0 Å². The molecule has 4 nitrogen and oxygen atoms in total. The van der Waals surface area contributed by atoms with Gasteiger partial charge in [-0.25, -0.2) is 4.79 Å². The minimum atomic E-state index is -0.0612. The van der Waals surface area contributed by atoms with Crippen molar-refractivity contribution in [1.29, 1.82) is 0 Å². The number of aliphatic hydroxyl groups excluding tert-OH is 1. The van der Waals surface area contributed by atoms with Gasteiger partial charge < -0.3 is 15.3 Å². The molecule has 2 N–H and O–H groups in total. The molecule has 19 heavy (non-hydrogen) atoms. The molecule has 1 aliphatic rings. The van der Waals surface area contributed by atoms with Crippen molar-refractivity contribution in [2.24, 2.45) is 0 Å². The number of hydrogen-bond acceptors (Lipinski definition) is 2. The summed E-state index contributed by atoms with van der Waals surface area (Å²) >= 11 is 0. The van der Waals surface area contributed by atoms with Crippen molar-refractivity contribution in [3.8, 4) is 11.8 Å². The zero-order valence-electron chi connectivity index (χ0n) is 10.9. The number of hydrogen-bond donors (Lipinski definition) is 2. The Morgan fingerprint density at radius 3 is 2.79 bits per heavy atom. The van der Waals surface area contributed by atoms with Gasteiger partial charge in [-0.2, -0.15) is 0 Å². The van der Waals surface area contributed by atoms with Crippen LogP contribution in [0.1, 0.15) is 24.8 Å². The molecule has 100 valence electrons. The predicted octanol–water partition coefficient (Wildman–Crippen LogP) is 2.05. The lowest BCUT2D eigenvalue weighted by atomic mass is 10.2. The Morgan fingerprint density at radius 2 is 2.05 bits per heavy atom. The van der Waals surface area contributed by atoms with Gasteiger partial charge in [0.1, 0.15) is 0 Å². The number of amides is 2. The number of carbonyl (C=O) groups is 1. The molecule has 2 amide bonds. The van der Waals surface area contributed by atoms with Gasteiger partial charge in [0.2, 0.25) is 0 Å². The maximum atomic E-state index is 12.0. The maximum Gasteiger partial charge on any atom is 0.321 e. The van der Waals surface area contributed by atoms with Gasteiger partial charge in [0.05, 0.1) is 12.3 Å². The molecule has 1 fully saturated rings. The monoisotopic (exact) mass is 258 g/mol. The second-order valence-electron chi connectivity index (χ2n) is 4.45. The molecular formula is C15H18N2O2. The van der Waals surface area contributed by atoms with E-state index in [1.165, 1.54) is 0 Å². The van der Waals surface area contributed by atoms with Crippen LogP contribution in [0.5, 0.6) is 0 Å². The van der Waals surface area contributed by atoms with Crippen LogP contribution in [0.4, 0.5) is 10.5 Å². The van der Waals surface area contributed by atoms with Crippen LogP contribution in [-0.2, 0) is 0 Å². The number of aliphatic hydroxyl groups is 1. The van der Waals surface area contributed by atoms with E-state index < -0.39 is 0 Å². The van der Waals surface area contributed by atoms with E-state index in [0.29, 0.717) is 6.42 Å². The van der Waals surface area contributed by atoms with E-state index in [0.717, 1.165) is 37.2 Å². The van der Waals surface area contributed by atoms with E-state index in [2.05, 4.69) is 17.2 Å². The summed E-state index contributed by atoms with van der Waals surface area (Å²) in [5.74, 6) is 5.84. The molecule has 0 spiro atoms. The van der Waals surface area contributed by atoms with Gasteiger partial charge in [-0.1, -0.05) is 24.0 Å². The zero-order valence-corrected chi connectivity index (χ0v) is 10.9. The Bertz CT molecular complexity index is 496. The van der Waals surface area contributed by atoms with Crippen molar-refractivity contribution >= 4 is 11.7 Å². The van der Waals surface area contributed by atoms with Crippen molar-refractivity contribution in [2.45, 2.75) is 19.3 Å². The van der Waals surface area contributed by atoms with E-state index in [4.69, 9.17) is 5.11 Å². The summed E-state index contributed by atoms with van der Waals surface area (Å²) in [5.41, 5.74) is 1.51. The average Bonchev–Trinajstić information content (AvgIpc) is 2.95. The first-order valence-corrected chi connectivity index (χ1v) is 6.56. The van der Waals surface area contributed by atoms with Crippen LogP contribution in [0.2, 0.25) is 0 Å². The summed E-state index contributed by atoms with van der Waals surface area (Å²) < 4.78 is 0. The Balaban J connectivity index is 2.07. The molecule has 0 unspecified atom stereocenters. The minimum absolute atomic E-state index is 0.0509. The highest BCUT2D eigenvalue weighted by Gasteiger charge is 2.18. The standard InChI is InChI=1S/C15H18N2O2/c18-12-6-3-8-13-7-1-2-9-14(13)16-15(19)17-10-4-5-11-17/h1-2,7,9,18H,4-6,10-12H2,(H,16,19). The van der Waals surface area contributed by atoms with Crippen molar-refractivity contribution in [1.82, 2.24) is 4.90 Å². The fourth-order valence-electron chi connectivity index (χ4n) is 2.03. The topological polar surface area (TPSA) is 52.6 Å². The molecule has 0 radical (unpaired) electrons. The van der Waals surface area contributed by atoms with Crippen molar-refractivity contribution in [3.63, 3.8) is 0 Å². The largest absolute Gasteiger partial charge is 0.395 e. The molecule has 0 saturated carbocycles. The third kappa shape index (κ3) is 3.73. The summed E-state index contributed by atoms with van der Waals surface area (Å²) in [6.07, 6.45) is 2.59. The summed E-state index contributed by atoms with van der Waals surface area (Å²) in [4.78, 5) is 13.8. The number of para-hydroxylation sites is 1. The Hall–Kier alpha value is -1.99. The van der Waals surface area contributed by atoms with Gasteiger partial charge in [-0.05, 0) is 25.0 Å². The molecule has 1 aromatic rings. The van der Waals surface area contributed by atoms with Gasteiger partial charge >= 0.3 is 6.03 Å². The minimum Gasteiger partial charge on any atom is -0.395 e. The predicted molar refractivity (Wildman–Crippen MR) is 74.8 cm³/mol. The molecule has 4 heteroatoms. The van der Waals surface area contributed by atoms with Gasteiger partial charge in [0.15, 0.2) is 0 Å². The second kappa shape index (κ2) is 6.81. The van der Waals surface area contributed by atoms with E-state index in [9.17, 15) is 4.79 Å². The molecule has 2 rings (SSSR count). The zero-order chi connectivity index (χ0) is 13.5. The van der Waals surface area contributed by atoms with Crippen LogP contribution in [0, 0.1) is 11.8 Å². The van der Waals surface area contributed by atoms with Gasteiger partial charge in [0, 0.05) is 25.1 Å². The number of nitrogens with zero attached hydrogens (tertiary/aromatic N) is 1. The highest BCUT2D eigenvalue weighted by atomic mass is 16.2. The number of carbonyl (C=O) groups excluding carboxylic acids is 1. The van der Waals surface area contributed by atoms with Crippen LogP contribution in [0.25, 0.3) is 0 Å². The quantitative estimate of drug-likeness (QED) is 0.798. The Labute approximate surface area is 113 Å². The molecule has 1 aliphatic heterocycles. The molecule has 1 heterocycles. The lowest BCUT2D eigenvalue weighted by molar-refractivity contribution is 0.222. The first-order chi connectivity index (χ1) is 9.31. The van der Waals surface area contributed by atoms with Crippen LogP contribution >= 0.6 is 0 Å². The molecule has 0 bridgehead atoms. The molecule has 1 saturated heterocycles. The van der Waals surface area contributed by atoms with E-state index in [-0.39, 0.29) is 12.6 Å². The summed E-state index contributed by atoms with van der Waals surface area (Å²) in [6.45, 7) is 1.70. The first-order valence-electron chi connectivity index (χ1n) is 6.56. The van der Waals surface area contributed by atoms with Gasteiger partial charge in [0.25, 0.3) is 0 Å². The molecular weight excluding hydrogens is 240 g/mol. The lowest BCUT2D eigenvalue weighted by Gasteiger charge is -2.16. The number of likely N-dealkylation sites (tertiary alicyclic amines) is 1. The Kier molecular flexibility index (Phi) is 4.82. The summed E-state index contributed by atoms with van der Waals surface area (Å²) in [7, 11) is 0. The molecule has 0 aromatic heterocycles. The maximum absolute atomic E-state index is 12.0. The van der Waals surface area contributed by atoms with Gasteiger partial charge in [-0.3, -0.25) is 0 Å². The number of benzene rings is 1. The van der Waals surface area contributed by atoms with Crippen molar-refractivity contribution in [3.05, 3.63) is 29.8 Å². The van der Waals surface area contributed by atoms with Crippen molar-refractivity contribution in [2.75, 3.05) is 25.0 Å². The fourth-order valence-corrected chi connectivity index (χ4v) is 2.03. The number of nitrogens with one attached hydrogen (secondary N) is 1. The van der Waals surface area contributed by atoms with Crippen molar-refractivity contribution < 1.29 is 9.90 Å². The SMILES string of the molecule is O=C(Nc1ccccc1C#CCCO)N1CCCC1. The van der Waals surface area contributed by atoms with Crippen LogP contribution in [0.15, 0.2) is 24.3 Å². The van der Waals surface area contributed by atoms with Crippen LogP contribution in [-0.4, -0.2) is 35.7 Å². The second-order valence-corrected chi connectivity index (χ2v) is 4.45. The third-order valence-electron chi connectivity index (χ3n) is 3.02. The number of urea groups is 1. The average molecular weight is 258 g/mol. The Morgan fingerprint density at radius 1 is 1.32 bits per heavy atom. The van der Waals surface area contributed by atoms with E-state index in [1.54, 1.807) is 0 Å².